The highest BCUT2D eigenvalue weighted by molar-refractivity contribution is 7.17. The molecule has 2 aromatic heterocycles. The lowest BCUT2D eigenvalue weighted by molar-refractivity contribution is -0.118. The third-order valence-electron chi connectivity index (χ3n) is 4.35. The Morgan fingerprint density at radius 3 is 2.56 bits per heavy atom. The van der Waals surface area contributed by atoms with Crippen molar-refractivity contribution in [1.29, 1.82) is 0 Å². The fourth-order valence-corrected chi connectivity index (χ4v) is 3.85. The maximum absolute atomic E-state index is 13.0. The number of rotatable bonds is 5. The van der Waals surface area contributed by atoms with Crippen molar-refractivity contribution in [1.82, 2.24) is 9.55 Å². The van der Waals surface area contributed by atoms with Gasteiger partial charge in [-0.05, 0) is 24.0 Å². The van der Waals surface area contributed by atoms with Crippen molar-refractivity contribution in [2.24, 2.45) is 5.73 Å². The van der Waals surface area contributed by atoms with E-state index in [0.29, 0.717) is 17.1 Å². The van der Waals surface area contributed by atoms with Crippen LogP contribution in [0.1, 0.15) is 37.6 Å². The van der Waals surface area contributed by atoms with E-state index in [1.165, 1.54) is 21.5 Å². The van der Waals surface area contributed by atoms with E-state index in [1.807, 2.05) is 17.5 Å². The SMILES string of the molecule is Cc1nc2scc(-c3ccc(C(C)C)cc3)c2c(=O)n1CCC(N)=O. The highest BCUT2D eigenvalue weighted by Crippen LogP contribution is 2.31. The maximum Gasteiger partial charge on any atom is 0.262 e. The predicted octanol–water partition coefficient (Wildman–Crippen LogP) is 3.43. The average molecular weight is 355 g/mol. The minimum absolute atomic E-state index is 0.118. The van der Waals surface area contributed by atoms with Crippen LogP contribution in [0, 0.1) is 6.92 Å². The summed E-state index contributed by atoms with van der Waals surface area (Å²) in [5.74, 6) is 0.632. The number of benzene rings is 1. The zero-order chi connectivity index (χ0) is 18.1. The highest BCUT2D eigenvalue weighted by Gasteiger charge is 2.16. The summed E-state index contributed by atoms with van der Waals surface area (Å²) in [6.45, 7) is 6.33. The second kappa shape index (κ2) is 6.80. The van der Waals surface area contributed by atoms with Gasteiger partial charge in [-0.3, -0.25) is 14.2 Å². The van der Waals surface area contributed by atoms with Crippen molar-refractivity contribution >= 4 is 27.5 Å². The van der Waals surface area contributed by atoms with Crippen LogP contribution in [0.25, 0.3) is 21.3 Å². The number of hydrogen-bond acceptors (Lipinski definition) is 4. The van der Waals surface area contributed by atoms with E-state index in [0.717, 1.165) is 16.0 Å². The molecule has 0 saturated carbocycles. The fraction of sp³-hybridized carbons (Fsp3) is 0.316. The van der Waals surface area contributed by atoms with Crippen molar-refractivity contribution in [2.75, 3.05) is 0 Å². The van der Waals surface area contributed by atoms with Gasteiger partial charge in [0, 0.05) is 23.9 Å². The second-order valence-corrected chi connectivity index (χ2v) is 7.30. The first-order valence-corrected chi connectivity index (χ1v) is 9.13. The maximum atomic E-state index is 13.0. The molecule has 2 N–H and O–H groups in total. The van der Waals surface area contributed by atoms with E-state index in [-0.39, 0.29) is 18.5 Å². The molecule has 0 spiro atoms. The van der Waals surface area contributed by atoms with Crippen LogP contribution in [0.4, 0.5) is 0 Å². The van der Waals surface area contributed by atoms with Crippen molar-refractivity contribution in [3.05, 3.63) is 51.4 Å². The Balaban J connectivity index is 2.12. The van der Waals surface area contributed by atoms with E-state index in [4.69, 9.17) is 5.73 Å². The van der Waals surface area contributed by atoms with Gasteiger partial charge in [0.25, 0.3) is 5.56 Å². The van der Waals surface area contributed by atoms with Crippen LogP contribution in [0.5, 0.6) is 0 Å². The zero-order valence-electron chi connectivity index (χ0n) is 14.6. The van der Waals surface area contributed by atoms with Gasteiger partial charge >= 0.3 is 0 Å². The summed E-state index contributed by atoms with van der Waals surface area (Å²) in [6, 6.07) is 8.28. The largest absolute Gasteiger partial charge is 0.370 e. The Kier molecular flexibility index (Phi) is 4.72. The number of hydrogen-bond donors (Lipinski definition) is 1. The number of primary amides is 1. The number of nitrogens with two attached hydrogens (primary N) is 1. The number of aryl methyl sites for hydroxylation is 1. The normalized spacial score (nSPS) is 11.4. The van der Waals surface area contributed by atoms with Gasteiger partial charge < -0.3 is 5.73 Å². The molecule has 3 rings (SSSR count). The smallest absolute Gasteiger partial charge is 0.262 e. The minimum atomic E-state index is -0.429. The van der Waals surface area contributed by atoms with Gasteiger partial charge in [-0.2, -0.15) is 0 Å². The Bertz CT molecular complexity index is 984. The van der Waals surface area contributed by atoms with Gasteiger partial charge in [-0.25, -0.2) is 4.98 Å². The standard InChI is InChI=1S/C19H21N3O2S/c1-11(2)13-4-6-14(7-5-13)15-10-25-18-17(15)19(24)22(12(3)21-18)9-8-16(20)23/h4-7,10-11H,8-9H2,1-3H3,(H2,20,23). The van der Waals surface area contributed by atoms with Crippen LogP contribution >= 0.6 is 11.3 Å². The minimum Gasteiger partial charge on any atom is -0.370 e. The highest BCUT2D eigenvalue weighted by atomic mass is 32.1. The van der Waals surface area contributed by atoms with Crippen LogP contribution in [0.2, 0.25) is 0 Å². The summed E-state index contributed by atoms with van der Waals surface area (Å²) in [5, 5.41) is 2.58. The van der Waals surface area contributed by atoms with Gasteiger partial charge in [0.05, 0.1) is 5.39 Å². The third-order valence-corrected chi connectivity index (χ3v) is 5.23. The first kappa shape index (κ1) is 17.4. The molecule has 5 nitrogen and oxygen atoms in total. The molecule has 25 heavy (non-hydrogen) atoms. The van der Waals surface area contributed by atoms with Crippen LogP contribution in [-0.4, -0.2) is 15.5 Å². The topological polar surface area (TPSA) is 78.0 Å². The molecule has 2 heterocycles. The molecule has 0 atom stereocenters. The number of nitrogens with zero attached hydrogens (tertiary/aromatic N) is 2. The Hall–Kier alpha value is -2.47. The van der Waals surface area contributed by atoms with Crippen molar-refractivity contribution in [2.45, 2.75) is 39.7 Å². The summed E-state index contributed by atoms with van der Waals surface area (Å²) in [6.07, 6.45) is 0.122. The Labute approximate surface area is 150 Å². The van der Waals surface area contributed by atoms with E-state index < -0.39 is 5.91 Å². The average Bonchev–Trinajstić information content (AvgIpc) is 2.98. The number of aromatic nitrogens is 2. The summed E-state index contributed by atoms with van der Waals surface area (Å²) in [7, 11) is 0. The third kappa shape index (κ3) is 3.35. The summed E-state index contributed by atoms with van der Waals surface area (Å²) < 4.78 is 1.53. The second-order valence-electron chi connectivity index (χ2n) is 6.44. The lowest BCUT2D eigenvalue weighted by Gasteiger charge is -2.09. The molecule has 0 radical (unpaired) electrons. The molecule has 0 unspecified atom stereocenters. The Morgan fingerprint density at radius 1 is 1.28 bits per heavy atom. The number of thiophene rings is 1. The monoisotopic (exact) mass is 355 g/mol. The first-order valence-electron chi connectivity index (χ1n) is 8.25. The van der Waals surface area contributed by atoms with Crippen LogP contribution < -0.4 is 11.3 Å². The molecule has 130 valence electrons. The van der Waals surface area contributed by atoms with E-state index >= 15 is 0 Å². The summed E-state index contributed by atoms with van der Waals surface area (Å²) in [4.78, 5) is 29.3. The summed E-state index contributed by atoms with van der Waals surface area (Å²) in [5.41, 5.74) is 8.25. The van der Waals surface area contributed by atoms with Gasteiger partial charge in [0.1, 0.15) is 10.7 Å². The van der Waals surface area contributed by atoms with Crippen LogP contribution in [-0.2, 0) is 11.3 Å². The molecule has 0 aliphatic heterocycles. The molecular formula is C19H21N3O2S. The molecule has 1 aromatic carbocycles. The van der Waals surface area contributed by atoms with Crippen molar-refractivity contribution in [3.8, 4) is 11.1 Å². The quantitative estimate of drug-likeness (QED) is 0.761. The van der Waals surface area contributed by atoms with E-state index in [1.54, 1.807) is 6.92 Å². The van der Waals surface area contributed by atoms with Gasteiger partial charge in [0.15, 0.2) is 0 Å². The van der Waals surface area contributed by atoms with Gasteiger partial charge in [-0.1, -0.05) is 38.1 Å². The van der Waals surface area contributed by atoms with Crippen LogP contribution in [0.15, 0.2) is 34.4 Å². The van der Waals surface area contributed by atoms with E-state index in [2.05, 4.69) is 31.0 Å². The van der Waals surface area contributed by atoms with Crippen LogP contribution in [0.3, 0.4) is 0 Å². The predicted molar refractivity (Wildman–Crippen MR) is 102 cm³/mol. The summed E-state index contributed by atoms with van der Waals surface area (Å²) >= 11 is 1.46. The number of amides is 1. The fourth-order valence-electron chi connectivity index (χ4n) is 2.87. The molecule has 3 aromatic rings. The van der Waals surface area contributed by atoms with Crippen molar-refractivity contribution < 1.29 is 4.79 Å². The lowest BCUT2D eigenvalue weighted by Crippen LogP contribution is -2.26. The molecular weight excluding hydrogens is 334 g/mol. The van der Waals surface area contributed by atoms with Gasteiger partial charge in [-0.15, -0.1) is 11.3 Å². The molecule has 0 aliphatic carbocycles. The molecule has 0 fully saturated rings. The number of fused-ring (bicyclic) bond motifs is 1. The van der Waals surface area contributed by atoms with Gasteiger partial charge in [0.2, 0.25) is 5.91 Å². The number of carbonyl (C=O) groups is 1. The molecule has 0 saturated heterocycles. The Morgan fingerprint density at radius 2 is 1.96 bits per heavy atom. The van der Waals surface area contributed by atoms with Crippen molar-refractivity contribution in [3.63, 3.8) is 0 Å². The molecule has 6 heteroatoms. The molecule has 1 amide bonds. The molecule has 0 aliphatic rings. The number of carbonyl (C=O) groups excluding carboxylic acids is 1. The lowest BCUT2D eigenvalue weighted by atomic mass is 9.99. The van der Waals surface area contributed by atoms with E-state index in [9.17, 15) is 9.59 Å². The molecule has 0 bridgehead atoms. The first-order chi connectivity index (χ1) is 11.9. The zero-order valence-corrected chi connectivity index (χ0v) is 15.4.